The van der Waals surface area contributed by atoms with E-state index in [0.717, 1.165) is 12.3 Å². The predicted octanol–water partition coefficient (Wildman–Crippen LogP) is 1.90. The summed E-state index contributed by atoms with van der Waals surface area (Å²) in [6, 6.07) is 5.01. The molecule has 0 spiro atoms. The van der Waals surface area contributed by atoms with Crippen LogP contribution in [0.5, 0.6) is 5.75 Å². The van der Waals surface area contributed by atoms with Gasteiger partial charge in [-0.3, -0.25) is 9.69 Å². The summed E-state index contributed by atoms with van der Waals surface area (Å²) in [5.41, 5.74) is 7.00. The Morgan fingerprint density at radius 1 is 1.55 bits per heavy atom. The third kappa shape index (κ3) is 4.61. The normalized spacial score (nSPS) is 12.2. The number of nitrogens with one attached hydrogen (secondary N) is 1. The maximum absolute atomic E-state index is 12.2. The third-order valence-electron chi connectivity index (χ3n) is 3.21. The SMILES string of the molecule is COc1ccc(NC(=O)C(C)N(C)CCSC)c(N)c1. The number of nitrogens with zero attached hydrogens (tertiary/aromatic N) is 1. The molecule has 1 aromatic carbocycles. The number of carbonyl (C=O) groups excluding carboxylic acids is 1. The molecule has 0 fully saturated rings. The van der Waals surface area contributed by atoms with Crippen molar-refractivity contribution in [3.63, 3.8) is 0 Å². The molecule has 3 N–H and O–H groups in total. The van der Waals surface area contributed by atoms with Crippen LogP contribution in [-0.4, -0.2) is 49.6 Å². The summed E-state index contributed by atoms with van der Waals surface area (Å²) < 4.78 is 5.08. The van der Waals surface area contributed by atoms with E-state index in [2.05, 4.69) is 11.6 Å². The lowest BCUT2D eigenvalue weighted by atomic mass is 10.2. The minimum absolute atomic E-state index is 0.0644. The van der Waals surface area contributed by atoms with Gasteiger partial charge in [0.05, 0.1) is 24.5 Å². The van der Waals surface area contributed by atoms with Gasteiger partial charge in [-0.05, 0) is 32.4 Å². The fraction of sp³-hybridized carbons (Fsp3) is 0.500. The Balaban J connectivity index is 2.65. The lowest BCUT2D eigenvalue weighted by Gasteiger charge is -2.23. The minimum atomic E-state index is -0.205. The zero-order chi connectivity index (χ0) is 15.1. The standard InChI is InChI=1S/C14H23N3O2S/c1-10(17(2)7-8-20-4)14(18)16-13-6-5-11(19-3)9-12(13)15/h5-6,9-10H,7-8,15H2,1-4H3,(H,16,18). The highest BCUT2D eigenvalue weighted by Gasteiger charge is 2.18. The Morgan fingerprint density at radius 2 is 2.25 bits per heavy atom. The molecule has 0 bridgehead atoms. The van der Waals surface area contributed by atoms with Crippen molar-refractivity contribution in [2.45, 2.75) is 13.0 Å². The molecule has 1 rings (SSSR count). The lowest BCUT2D eigenvalue weighted by Crippen LogP contribution is -2.40. The summed E-state index contributed by atoms with van der Waals surface area (Å²) in [6.45, 7) is 2.75. The van der Waals surface area contributed by atoms with E-state index < -0.39 is 0 Å². The van der Waals surface area contributed by atoms with Gasteiger partial charge in [-0.1, -0.05) is 0 Å². The molecule has 1 unspecified atom stereocenters. The van der Waals surface area contributed by atoms with E-state index in [0.29, 0.717) is 17.1 Å². The van der Waals surface area contributed by atoms with Crippen molar-refractivity contribution in [3.8, 4) is 5.75 Å². The number of hydrogen-bond donors (Lipinski definition) is 2. The number of hydrogen-bond acceptors (Lipinski definition) is 5. The van der Waals surface area contributed by atoms with Crippen LogP contribution in [0.3, 0.4) is 0 Å². The Morgan fingerprint density at radius 3 is 2.80 bits per heavy atom. The number of ether oxygens (including phenoxy) is 1. The van der Waals surface area contributed by atoms with E-state index in [4.69, 9.17) is 10.5 Å². The van der Waals surface area contributed by atoms with Crippen molar-refractivity contribution < 1.29 is 9.53 Å². The number of thioether (sulfide) groups is 1. The van der Waals surface area contributed by atoms with Gasteiger partial charge in [0, 0.05) is 18.4 Å². The molecular weight excluding hydrogens is 274 g/mol. The predicted molar refractivity (Wildman–Crippen MR) is 86.5 cm³/mol. The molecule has 1 atom stereocenters. The molecule has 5 nitrogen and oxygen atoms in total. The molecule has 20 heavy (non-hydrogen) atoms. The van der Waals surface area contributed by atoms with Crippen LogP contribution in [0.1, 0.15) is 6.92 Å². The van der Waals surface area contributed by atoms with Crippen LogP contribution in [0.2, 0.25) is 0 Å². The van der Waals surface area contributed by atoms with Crippen LogP contribution in [0, 0.1) is 0 Å². The smallest absolute Gasteiger partial charge is 0.241 e. The Hall–Kier alpha value is -1.40. The summed E-state index contributed by atoms with van der Waals surface area (Å²) in [5.74, 6) is 1.61. The topological polar surface area (TPSA) is 67.6 Å². The van der Waals surface area contributed by atoms with Crippen LogP contribution in [0.25, 0.3) is 0 Å². The molecule has 1 amide bonds. The van der Waals surface area contributed by atoms with Crippen LogP contribution < -0.4 is 15.8 Å². The zero-order valence-electron chi connectivity index (χ0n) is 12.5. The highest BCUT2D eigenvalue weighted by Crippen LogP contribution is 2.24. The van der Waals surface area contributed by atoms with Gasteiger partial charge in [-0.2, -0.15) is 11.8 Å². The largest absolute Gasteiger partial charge is 0.497 e. The Kier molecular flexibility index (Phi) is 6.67. The number of nitrogen functional groups attached to an aromatic ring is 1. The van der Waals surface area contributed by atoms with Crippen molar-refractivity contribution in [1.29, 1.82) is 0 Å². The summed E-state index contributed by atoms with van der Waals surface area (Å²) in [5, 5.41) is 2.85. The van der Waals surface area contributed by atoms with Gasteiger partial charge in [0.1, 0.15) is 5.75 Å². The van der Waals surface area contributed by atoms with Crippen molar-refractivity contribution in [2.75, 3.05) is 43.8 Å². The molecular formula is C14H23N3O2S. The van der Waals surface area contributed by atoms with Crippen LogP contribution in [0.4, 0.5) is 11.4 Å². The maximum Gasteiger partial charge on any atom is 0.241 e. The molecule has 0 aliphatic heterocycles. The Bertz CT molecular complexity index is 454. The molecule has 1 aromatic rings. The molecule has 0 saturated heterocycles. The van der Waals surface area contributed by atoms with Crippen LogP contribution in [-0.2, 0) is 4.79 Å². The second-order valence-corrected chi connectivity index (χ2v) is 5.58. The van der Waals surface area contributed by atoms with Gasteiger partial charge in [-0.15, -0.1) is 0 Å². The van der Waals surface area contributed by atoms with Crippen LogP contribution >= 0.6 is 11.8 Å². The van der Waals surface area contributed by atoms with Gasteiger partial charge in [0.15, 0.2) is 0 Å². The molecule has 0 aromatic heterocycles. The third-order valence-corrected chi connectivity index (χ3v) is 3.80. The highest BCUT2D eigenvalue weighted by molar-refractivity contribution is 7.98. The minimum Gasteiger partial charge on any atom is -0.497 e. The van der Waals surface area contributed by atoms with Crippen LogP contribution in [0.15, 0.2) is 18.2 Å². The second-order valence-electron chi connectivity index (χ2n) is 4.59. The van der Waals surface area contributed by atoms with Gasteiger partial charge >= 0.3 is 0 Å². The number of benzene rings is 1. The first-order valence-electron chi connectivity index (χ1n) is 6.43. The van der Waals surface area contributed by atoms with Crippen molar-refractivity contribution in [1.82, 2.24) is 4.90 Å². The van der Waals surface area contributed by atoms with E-state index in [1.54, 1.807) is 37.1 Å². The van der Waals surface area contributed by atoms with Gasteiger partial charge in [0.2, 0.25) is 5.91 Å². The number of anilines is 2. The van der Waals surface area contributed by atoms with E-state index in [1.807, 2.05) is 18.9 Å². The Labute approximate surface area is 124 Å². The molecule has 0 radical (unpaired) electrons. The first kappa shape index (κ1) is 16.7. The maximum atomic E-state index is 12.2. The second kappa shape index (κ2) is 8.01. The molecule has 0 saturated carbocycles. The quantitative estimate of drug-likeness (QED) is 0.752. The van der Waals surface area contributed by atoms with E-state index in [9.17, 15) is 4.79 Å². The fourth-order valence-electron chi connectivity index (χ4n) is 1.65. The first-order chi connectivity index (χ1) is 9.49. The summed E-state index contributed by atoms with van der Waals surface area (Å²) in [4.78, 5) is 14.2. The average Bonchev–Trinajstić information content (AvgIpc) is 2.45. The monoisotopic (exact) mass is 297 g/mol. The molecule has 6 heteroatoms. The first-order valence-corrected chi connectivity index (χ1v) is 7.82. The number of carbonyl (C=O) groups is 1. The molecule has 0 heterocycles. The average molecular weight is 297 g/mol. The number of nitrogens with two attached hydrogens (primary N) is 1. The molecule has 0 aliphatic rings. The van der Waals surface area contributed by atoms with E-state index in [1.165, 1.54) is 0 Å². The molecule has 112 valence electrons. The number of rotatable bonds is 7. The summed E-state index contributed by atoms with van der Waals surface area (Å²) in [6.07, 6.45) is 2.05. The summed E-state index contributed by atoms with van der Waals surface area (Å²) in [7, 11) is 3.52. The van der Waals surface area contributed by atoms with Crippen molar-refractivity contribution >= 4 is 29.0 Å². The van der Waals surface area contributed by atoms with Gasteiger partial charge < -0.3 is 15.8 Å². The number of amides is 1. The zero-order valence-corrected chi connectivity index (χ0v) is 13.3. The van der Waals surface area contributed by atoms with Crippen molar-refractivity contribution in [3.05, 3.63) is 18.2 Å². The van der Waals surface area contributed by atoms with Crippen molar-refractivity contribution in [2.24, 2.45) is 0 Å². The van der Waals surface area contributed by atoms with Gasteiger partial charge in [-0.25, -0.2) is 0 Å². The number of methoxy groups -OCH3 is 1. The summed E-state index contributed by atoms with van der Waals surface area (Å²) >= 11 is 1.76. The van der Waals surface area contributed by atoms with E-state index >= 15 is 0 Å². The fourth-order valence-corrected chi connectivity index (χ4v) is 2.12. The lowest BCUT2D eigenvalue weighted by molar-refractivity contribution is -0.120. The number of likely N-dealkylation sites (N-methyl/N-ethyl adjacent to an activating group) is 1. The van der Waals surface area contributed by atoms with Gasteiger partial charge in [0.25, 0.3) is 0 Å². The van der Waals surface area contributed by atoms with E-state index in [-0.39, 0.29) is 11.9 Å². The molecule has 0 aliphatic carbocycles. The highest BCUT2D eigenvalue weighted by atomic mass is 32.2.